The molecule has 1 aromatic heterocycles. The van der Waals surface area contributed by atoms with Crippen LogP contribution in [0.15, 0.2) is 24.5 Å². The Labute approximate surface area is 67.1 Å². The molecule has 56 valence electrons. The summed E-state index contributed by atoms with van der Waals surface area (Å²) in [5.41, 5.74) is 0.745. The molecule has 0 saturated carbocycles. The van der Waals surface area contributed by atoms with Crippen molar-refractivity contribution in [3.63, 3.8) is 0 Å². The highest BCUT2D eigenvalue weighted by Crippen LogP contribution is 2.07. The van der Waals surface area contributed by atoms with E-state index in [0.29, 0.717) is 0 Å². The molecule has 1 rings (SSSR count). The number of nitrogens with zero attached hydrogens (tertiary/aromatic N) is 1. The zero-order chi connectivity index (χ0) is 8.27. The molecule has 0 bridgehead atoms. The lowest BCUT2D eigenvalue weighted by Gasteiger charge is -2.01. The first-order valence-electron chi connectivity index (χ1n) is 3.66. The highest BCUT2D eigenvalue weighted by molar-refractivity contribution is 6.27. The van der Waals surface area contributed by atoms with Crippen LogP contribution in [0.5, 0.6) is 0 Å². The van der Waals surface area contributed by atoms with Crippen LogP contribution in [-0.4, -0.2) is 18.6 Å². The zero-order valence-corrected chi connectivity index (χ0v) is 6.74. The largest absolute Gasteiger partial charge is 0.295 e. The molecule has 0 aliphatic carbocycles. The fourth-order valence-corrected chi connectivity index (χ4v) is 0.850. The molecule has 0 aliphatic rings. The van der Waals surface area contributed by atoms with Crippen LogP contribution in [0.3, 0.4) is 0 Å². The summed E-state index contributed by atoms with van der Waals surface area (Å²) in [6, 6.07) is 3.48. The van der Waals surface area contributed by atoms with Gasteiger partial charge in [0.25, 0.3) is 0 Å². The Balaban J connectivity index is 2.86. The van der Waals surface area contributed by atoms with Crippen LogP contribution in [0, 0.1) is 0 Å². The van der Waals surface area contributed by atoms with Crippen molar-refractivity contribution in [1.29, 1.82) is 0 Å². The number of carbonyl (C=O) groups excluding carboxylic acids is 1. The molecule has 0 radical (unpaired) electrons. The van der Waals surface area contributed by atoms with E-state index in [-0.39, 0.29) is 11.6 Å². The van der Waals surface area contributed by atoms with Gasteiger partial charge in [-0.25, -0.2) is 0 Å². The molecular formula is C8H10BNO. The summed E-state index contributed by atoms with van der Waals surface area (Å²) >= 11 is 0. The Hall–Kier alpha value is -1.12. The normalized spacial score (nSPS) is 12.5. The van der Waals surface area contributed by atoms with Crippen molar-refractivity contribution in [3.8, 4) is 0 Å². The fourth-order valence-electron chi connectivity index (χ4n) is 0.850. The summed E-state index contributed by atoms with van der Waals surface area (Å²) in [6.45, 7) is 1.89. The smallest absolute Gasteiger partial charge is 0.157 e. The van der Waals surface area contributed by atoms with Crippen LogP contribution in [0.4, 0.5) is 0 Å². The third kappa shape index (κ3) is 1.90. The quantitative estimate of drug-likeness (QED) is 0.455. The highest BCUT2D eigenvalue weighted by atomic mass is 16.1. The van der Waals surface area contributed by atoms with Gasteiger partial charge in [0.05, 0.1) is 0 Å². The summed E-state index contributed by atoms with van der Waals surface area (Å²) < 4.78 is 0. The third-order valence-corrected chi connectivity index (χ3v) is 1.49. The molecule has 0 aromatic carbocycles. The number of carbonyl (C=O) groups is 1. The molecule has 0 aliphatic heterocycles. The van der Waals surface area contributed by atoms with Crippen LogP contribution in [-0.2, 0) is 0 Å². The lowest BCUT2D eigenvalue weighted by atomic mass is 9.83. The molecule has 1 heterocycles. The van der Waals surface area contributed by atoms with Crippen LogP contribution in [0.25, 0.3) is 0 Å². The van der Waals surface area contributed by atoms with Gasteiger partial charge in [0.15, 0.2) is 5.78 Å². The van der Waals surface area contributed by atoms with Crippen LogP contribution < -0.4 is 0 Å². The number of aromatic nitrogens is 1. The van der Waals surface area contributed by atoms with Crippen molar-refractivity contribution in [1.82, 2.24) is 4.98 Å². The fraction of sp³-hybridized carbons (Fsp3) is 0.250. The summed E-state index contributed by atoms with van der Waals surface area (Å²) in [6.07, 6.45) is 3.27. The van der Waals surface area contributed by atoms with E-state index in [9.17, 15) is 4.79 Å². The summed E-state index contributed by atoms with van der Waals surface area (Å²) in [5.74, 6) is 0.241. The first kappa shape index (κ1) is 7.99. The number of ketones is 1. The lowest BCUT2D eigenvalue weighted by Crippen LogP contribution is -2.05. The summed E-state index contributed by atoms with van der Waals surface area (Å²) in [4.78, 5) is 15.2. The molecule has 0 spiro atoms. The maximum atomic E-state index is 11.3. The van der Waals surface area contributed by atoms with E-state index in [1.54, 1.807) is 24.5 Å². The number of rotatable bonds is 2. The average Bonchev–Trinajstić information content (AvgIpc) is 2.05. The molecule has 0 fully saturated rings. The number of Topliss-reactive ketones (excluding diaryl/α,β-unsaturated/α-hetero) is 1. The predicted octanol–water partition coefficient (Wildman–Crippen LogP) is 0.706. The Morgan fingerprint density at radius 3 is 2.55 bits per heavy atom. The van der Waals surface area contributed by atoms with Gasteiger partial charge in [-0.15, -0.1) is 0 Å². The van der Waals surface area contributed by atoms with Gasteiger partial charge < -0.3 is 0 Å². The topological polar surface area (TPSA) is 30.0 Å². The zero-order valence-electron chi connectivity index (χ0n) is 6.74. The molecule has 0 amide bonds. The van der Waals surface area contributed by atoms with E-state index in [1.807, 2.05) is 14.8 Å². The average molecular weight is 147 g/mol. The second-order valence-corrected chi connectivity index (χ2v) is 2.75. The second kappa shape index (κ2) is 3.33. The van der Waals surface area contributed by atoms with Crippen LogP contribution in [0.1, 0.15) is 17.3 Å². The SMILES string of the molecule is BC(C)C(=O)c1ccncc1. The van der Waals surface area contributed by atoms with Crippen molar-refractivity contribution in [2.24, 2.45) is 0 Å². The minimum absolute atomic E-state index is 0.0670. The van der Waals surface area contributed by atoms with Crippen molar-refractivity contribution in [2.45, 2.75) is 12.7 Å². The Morgan fingerprint density at radius 1 is 1.55 bits per heavy atom. The van der Waals surface area contributed by atoms with E-state index < -0.39 is 0 Å². The van der Waals surface area contributed by atoms with Gasteiger partial charge in [0.1, 0.15) is 7.85 Å². The van der Waals surface area contributed by atoms with Crippen molar-refractivity contribution in [2.75, 3.05) is 0 Å². The standard InChI is InChI=1S/C8H10BNO/c1-6(9)8(11)7-2-4-10-5-3-7/h2-6H,9H2,1H3. The Kier molecular flexibility index (Phi) is 2.42. The third-order valence-electron chi connectivity index (χ3n) is 1.49. The number of hydrogen-bond donors (Lipinski definition) is 0. The molecule has 11 heavy (non-hydrogen) atoms. The second-order valence-electron chi connectivity index (χ2n) is 2.75. The molecule has 1 aromatic rings. The van der Waals surface area contributed by atoms with Gasteiger partial charge in [-0.1, -0.05) is 6.92 Å². The van der Waals surface area contributed by atoms with Gasteiger partial charge in [-0.05, 0) is 17.9 Å². The van der Waals surface area contributed by atoms with Gasteiger partial charge >= 0.3 is 0 Å². The Morgan fingerprint density at radius 2 is 2.09 bits per heavy atom. The minimum atomic E-state index is 0.0670. The molecule has 0 saturated heterocycles. The van der Waals surface area contributed by atoms with Gasteiger partial charge in [0, 0.05) is 18.0 Å². The van der Waals surface area contributed by atoms with E-state index in [4.69, 9.17) is 0 Å². The molecule has 1 unspecified atom stereocenters. The summed E-state index contributed by atoms with van der Waals surface area (Å²) in [5, 5.41) is 0. The Bertz CT molecular complexity index is 246. The van der Waals surface area contributed by atoms with E-state index in [2.05, 4.69) is 4.98 Å². The lowest BCUT2D eigenvalue weighted by molar-refractivity contribution is 0.0989. The van der Waals surface area contributed by atoms with Gasteiger partial charge in [0.2, 0.25) is 0 Å². The maximum Gasteiger partial charge on any atom is 0.157 e. The van der Waals surface area contributed by atoms with Gasteiger partial charge in [-0.2, -0.15) is 0 Å². The van der Waals surface area contributed by atoms with Gasteiger partial charge in [-0.3, -0.25) is 9.78 Å². The molecule has 2 nitrogen and oxygen atoms in total. The van der Waals surface area contributed by atoms with Crippen molar-refractivity contribution in [3.05, 3.63) is 30.1 Å². The number of hydrogen-bond acceptors (Lipinski definition) is 2. The molecule has 1 atom stereocenters. The van der Waals surface area contributed by atoms with Crippen molar-refractivity contribution < 1.29 is 4.79 Å². The number of pyridine rings is 1. The maximum absolute atomic E-state index is 11.3. The first-order chi connectivity index (χ1) is 5.22. The van der Waals surface area contributed by atoms with Crippen LogP contribution in [0.2, 0.25) is 5.82 Å². The van der Waals surface area contributed by atoms with E-state index in [1.165, 1.54) is 0 Å². The molecule has 3 heteroatoms. The van der Waals surface area contributed by atoms with Crippen molar-refractivity contribution >= 4 is 13.6 Å². The van der Waals surface area contributed by atoms with E-state index in [0.717, 1.165) is 5.56 Å². The monoisotopic (exact) mass is 147 g/mol. The summed E-state index contributed by atoms with van der Waals surface area (Å²) in [7, 11) is 1.89. The minimum Gasteiger partial charge on any atom is -0.295 e. The van der Waals surface area contributed by atoms with E-state index >= 15 is 0 Å². The first-order valence-corrected chi connectivity index (χ1v) is 3.66. The molecule has 0 N–H and O–H groups in total. The van der Waals surface area contributed by atoms with Crippen LogP contribution >= 0.6 is 0 Å². The molecular weight excluding hydrogens is 137 g/mol. The highest BCUT2D eigenvalue weighted by Gasteiger charge is 2.08. The predicted molar refractivity (Wildman–Crippen MR) is 46.5 cm³/mol.